The van der Waals surface area contributed by atoms with E-state index in [1.54, 1.807) is 13.8 Å². The monoisotopic (exact) mass is 170 g/mol. The lowest BCUT2D eigenvalue weighted by Gasteiger charge is -1.94. The van der Waals surface area contributed by atoms with E-state index < -0.39 is 5.97 Å². The molecule has 0 aliphatic carbocycles. The zero-order valence-electron chi connectivity index (χ0n) is 6.87. The second-order valence-electron chi connectivity index (χ2n) is 2.56. The van der Waals surface area contributed by atoms with Gasteiger partial charge >= 0.3 is 5.97 Å². The first-order valence-corrected chi connectivity index (χ1v) is 3.48. The molecular formula is C7H10N2O3. The minimum atomic E-state index is -1.12. The summed E-state index contributed by atoms with van der Waals surface area (Å²) in [6.07, 6.45) is 0. The lowest BCUT2D eigenvalue weighted by atomic mass is 10.4. The van der Waals surface area contributed by atoms with Crippen molar-refractivity contribution in [1.82, 2.24) is 4.98 Å². The summed E-state index contributed by atoms with van der Waals surface area (Å²) in [5.74, 6) is -1.00. The number of carbonyl (C=O) groups is 1. The first-order chi connectivity index (χ1) is 5.52. The van der Waals surface area contributed by atoms with Crippen LogP contribution in [-0.4, -0.2) is 16.1 Å². The van der Waals surface area contributed by atoms with E-state index in [0.29, 0.717) is 5.69 Å². The summed E-state index contributed by atoms with van der Waals surface area (Å²) >= 11 is 0. The van der Waals surface area contributed by atoms with E-state index in [0.717, 1.165) is 0 Å². The van der Waals surface area contributed by atoms with Crippen LogP contribution in [0.3, 0.4) is 0 Å². The Morgan fingerprint density at radius 1 is 1.75 bits per heavy atom. The maximum Gasteiger partial charge on any atom is 0.373 e. The Kier molecular flexibility index (Phi) is 2.14. The van der Waals surface area contributed by atoms with Crippen LogP contribution in [0.2, 0.25) is 0 Å². The first-order valence-electron chi connectivity index (χ1n) is 3.48. The molecule has 1 unspecified atom stereocenters. The Labute approximate surface area is 69.2 Å². The third kappa shape index (κ3) is 1.45. The number of nitrogens with two attached hydrogens (primary N) is 1. The minimum absolute atomic E-state index is 0.137. The van der Waals surface area contributed by atoms with E-state index in [-0.39, 0.29) is 17.7 Å². The number of carboxylic acids is 1. The largest absolute Gasteiger partial charge is 0.475 e. The number of nitrogens with zero attached hydrogens (tertiary/aromatic N) is 1. The summed E-state index contributed by atoms with van der Waals surface area (Å²) in [5.41, 5.74) is 5.80. The van der Waals surface area contributed by atoms with Gasteiger partial charge in [-0.1, -0.05) is 0 Å². The Bertz CT molecular complexity index is 304. The van der Waals surface area contributed by atoms with Gasteiger partial charge in [0.05, 0.1) is 11.7 Å². The maximum atomic E-state index is 10.5. The van der Waals surface area contributed by atoms with Crippen molar-refractivity contribution in [2.24, 2.45) is 5.73 Å². The third-order valence-electron chi connectivity index (χ3n) is 1.40. The van der Waals surface area contributed by atoms with Gasteiger partial charge in [0.15, 0.2) is 0 Å². The number of aryl methyl sites for hydroxylation is 1. The molecule has 0 radical (unpaired) electrons. The van der Waals surface area contributed by atoms with Crippen LogP contribution >= 0.6 is 0 Å². The summed E-state index contributed by atoms with van der Waals surface area (Å²) in [4.78, 5) is 14.3. The molecule has 1 aromatic heterocycles. The molecule has 5 heteroatoms. The molecule has 1 atom stereocenters. The van der Waals surface area contributed by atoms with Gasteiger partial charge in [0.25, 0.3) is 0 Å². The van der Waals surface area contributed by atoms with Gasteiger partial charge in [-0.05, 0) is 13.8 Å². The number of aromatic carboxylic acids is 1. The predicted molar refractivity (Wildman–Crippen MR) is 40.8 cm³/mol. The van der Waals surface area contributed by atoms with Crippen LogP contribution in [0.5, 0.6) is 0 Å². The van der Waals surface area contributed by atoms with Crippen LogP contribution in [0.15, 0.2) is 4.42 Å². The molecule has 66 valence electrons. The zero-order valence-corrected chi connectivity index (χ0v) is 6.87. The number of hydrogen-bond donors (Lipinski definition) is 2. The molecule has 3 N–H and O–H groups in total. The summed E-state index contributed by atoms with van der Waals surface area (Å²) in [7, 11) is 0. The van der Waals surface area contributed by atoms with Gasteiger partial charge in [0, 0.05) is 0 Å². The zero-order chi connectivity index (χ0) is 9.30. The lowest BCUT2D eigenvalue weighted by molar-refractivity contribution is 0.0659. The quantitative estimate of drug-likeness (QED) is 0.681. The van der Waals surface area contributed by atoms with Crippen LogP contribution in [0, 0.1) is 6.92 Å². The molecular weight excluding hydrogens is 160 g/mol. The summed E-state index contributed by atoms with van der Waals surface area (Å²) in [5, 5.41) is 8.59. The van der Waals surface area contributed by atoms with Crippen molar-refractivity contribution in [2.45, 2.75) is 19.9 Å². The number of oxazole rings is 1. The fourth-order valence-corrected chi connectivity index (χ4v) is 0.810. The SMILES string of the molecule is Cc1nc(C(C)N)oc1C(=O)O. The van der Waals surface area contributed by atoms with E-state index in [1.165, 1.54) is 0 Å². The molecule has 0 saturated heterocycles. The van der Waals surface area contributed by atoms with Crippen molar-refractivity contribution in [3.05, 3.63) is 17.3 Å². The lowest BCUT2D eigenvalue weighted by Crippen LogP contribution is -2.04. The van der Waals surface area contributed by atoms with Crippen molar-refractivity contribution in [3.63, 3.8) is 0 Å². The molecule has 0 spiro atoms. The van der Waals surface area contributed by atoms with Gasteiger partial charge in [0.2, 0.25) is 11.7 Å². The molecule has 5 nitrogen and oxygen atoms in total. The maximum absolute atomic E-state index is 10.5. The smallest absolute Gasteiger partial charge is 0.373 e. The molecule has 0 amide bonds. The van der Waals surface area contributed by atoms with Crippen molar-refractivity contribution in [3.8, 4) is 0 Å². The van der Waals surface area contributed by atoms with E-state index in [9.17, 15) is 4.79 Å². The van der Waals surface area contributed by atoms with Gasteiger partial charge in [-0.15, -0.1) is 0 Å². The molecule has 0 aliphatic heterocycles. The Hall–Kier alpha value is -1.36. The van der Waals surface area contributed by atoms with Gasteiger partial charge in [-0.3, -0.25) is 0 Å². The summed E-state index contributed by atoms with van der Waals surface area (Å²) in [6, 6.07) is -0.378. The van der Waals surface area contributed by atoms with Crippen LogP contribution in [0.25, 0.3) is 0 Å². The third-order valence-corrected chi connectivity index (χ3v) is 1.40. The highest BCUT2D eigenvalue weighted by Gasteiger charge is 2.17. The van der Waals surface area contributed by atoms with Crippen LogP contribution in [0.1, 0.15) is 35.1 Å². The topological polar surface area (TPSA) is 89.4 Å². The summed E-state index contributed by atoms with van der Waals surface area (Å²) < 4.78 is 4.90. The highest BCUT2D eigenvalue weighted by molar-refractivity contribution is 5.85. The Morgan fingerprint density at radius 2 is 2.33 bits per heavy atom. The van der Waals surface area contributed by atoms with Gasteiger partial charge in [0.1, 0.15) is 0 Å². The highest BCUT2D eigenvalue weighted by atomic mass is 16.4. The van der Waals surface area contributed by atoms with E-state index in [1.807, 2.05) is 0 Å². The number of carboxylic acid groups (broad SMARTS) is 1. The van der Waals surface area contributed by atoms with E-state index >= 15 is 0 Å². The average Bonchev–Trinajstić information content (AvgIpc) is 2.30. The molecule has 12 heavy (non-hydrogen) atoms. The molecule has 0 bridgehead atoms. The molecule has 0 aliphatic rings. The standard InChI is InChI=1S/C7H10N2O3/c1-3(8)6-9-4(2)5(12-6)7(10)11/h3H,8H2,1-2H3,(H,10,11). The number of hydrogen-bond acceptors (Lipinski definition) is 4. The van der Waals surface area contributed by atoms with Gasteiger partial charge in [-0.25, -0.2) is 9.78 Å². The van der Waals surface area contributed by atoms with E-state index in [4.69, 9.17) is 15.3 Å². The normalized spacial score (nSPS) is 12.9. The number of aromatic nitrogens is 1. The Balaban J connectivity index is 3.09. The minimum Gasteiger partial charge on any atom is -0.475 e. The predicted octanol–water partition coefficient (Wildman–Crippen LogP) is 0.701. The fraction of sp³-hybridized carbons (Fsp3) is 0.429. The van der Waals surface area contributed by atoms with Crippen LogP contribution in [-0.2, 0) is 0 Å². The van der Waals surface area contributed by atoms with Crippen molar-refractivity contribution < 1.29 is 14.3 Å². The average molecular weight is 170 g/mol. The summed E-state index contributed by atoms with van der Waals surface area (Å²) in [6.45, 7) is 3.25. The van der Waals surface area contributed by atoms with Crippen molar-refractivity contribution in [1.29, 1.82) is 0 Å². The first kappa shape index (κ1) is 8.73. The van der Waals surface area contributed by atoms with Crippen LogP contribution in [0.4, 0.5) is 0 Å². The molecule has 1 heterocycles. The van der Waals surface area contributed by atoms with Crippen LogP contribution < -0.4 is 5.73 Å². The van der Waals surface area contributed by atoms with E-state index in [2.05, 4.69) is 4.98 Å². The highest BCUT2D eigenvalue weighted by Crippen LogP contribution is 2.14. The molecule has 1 aromatic rings. The van der Waals surface area contributed by atoms with Crippen molar-refractivity contribution >= 4 is 5.97 Å². The van der Waals surface area contributed by atoms with Gasteiger partial charge in [-0.2, -0.15) is 0 Å². The Morgan fingerprint density at radius 3 is 2.58 bits per heavy atom. The number of rotatable bonds is 2. The second kappa shape index (κ2) is 2.94. The van der Waals surface area contributed by atoms with Crippen molar-refractivity contribution in [2.75, 3.05) is 0 Å². The molecule has 0 aromatic carbocycles. The molecule has 0 fully saturated rings. The molecule has 0 saturated carbocycles. The second-order valence-corrected chi connectivity index (χ2v) is 2.56. The fourth-order valence-electron chi connectivity index (χ4n) is 0.810. The van der Waals surface area contributed by atoms with Gasteiger partial charge < -0.3 is 15.3 Å². The molecule has 1 rings (SSSR count).